The van der Waals surface area contributed by atoms with Crippen molar-refractivity contribution in [1.29, 1.82) is 0 Å². The Morgan fingerprint density at radius 3 is 2.85 bits per heavy atom. The minimum Gasteiger partial charge on any atom is -0.496 e. The van der Waals surface area contributed by atoms with Gasteiger partial charge in [0.15, 0.2) is 14.0 Å². The highest BCUT2D eigenvalue weighted by atomic mass is 16.5. The minimum absolute atomic E-state index is 0.0429. The summed E-state index contributed by atoms with van der Waals surface area (Å²) in [5.74, 6) is 0.578. The molecule has 0 aliphatic heterocycles. The maximum absolute atomic E-state index is 9.06. The molecule has 0 saturated heterocycles. The first-order valence-electron chi connectivity index (χ1n) is 4.13. The number of ether oxygens (including phenoxy) is 1. The summed E-state index contributed by atoms with van der Waals surface area (Å²) in [5.41, 5.74) is 0.745. The molecule has 0 aliphatic rings. The monoisotopic (exact) mass is 178 g/mol. The summed E-state index contributed by atoms with van der Waals surface area (Å²) in [5, 5.41) is 9.06. The molecule has 0 saturated carbocycles. The van der Waals surface area contributed by atoms with E-state index >= 15 is 0 Å². The molecule has 2 radical (unpaired) electrons. The number of aromatic nitrogens is 1. The van der Waals surface area contributed by atoms with Crippen LogP contribution in [0.2, 0.25) is 0 Å². The fraction of sp³-hybridized carbons (Fsp3) is 0.444. The van der Waals surface area contributed by atoms with Crippen LogP contribution in [0.5, 0.6) is 5.75 Å². The second-order valence-corrected chi connectivity index (χ2v) is 2.86. The van der Waals surface area contributed by atoms with E-state index in [1.165, 1.54) is 0 Å². The smallest absolute Gasteiger partial charge is 0.210 e. The van der Waals surface area contributed by atoms with Crippen molar-refractivity contribution in [1.82, 2.24) is 0 Å². The van der Waals surface area contributed by atoms with E-state index in [1.807, 2.05) is 13.0 Å². The summed E-state index contributed by atoms with van der Waals surface area (Å²) in [7, 11) is 7.28. The van der Waals surface area contributed by atoms with E-state index in [9.17, 15) is 0 Å². The molecule has 1 N–H and O–H groups in total. The molecular formula is C9H13BNO2+. The number of hydrogen-bond acceptors (Lipinski definition) is 2. The lowest BCUT2D eigenvalue weighted by atomic mass is 9.98. The lowest BCUT2D eigenvalue weighted by Crippen LogP contribution is -2.41. The van der Waals surface area contributed by atoms with Crippen molar-refractivity contribution in [2.24, 2.45) is 0 Å². The van der Waals surface area contributed by atoms with Crippen LogP contribution < -0.4 is 9.30 Å². The van der Waals surface area contributed by atoms with Gasteiger partial charge in [-0.2, -0.15) is 0 Å². The van der Waals surface area contributed by atoms with Crippen LogP contribution in [-0.4, -0.2) is 20.1 Å². The van der Waals surface area contributed by atoms with Crippen molar-refractivity contribution in [3.8, 4) is 5.75 Å². The highest BCUT2D eigenvalue weighted by Gasteiger charge is 2.13. The number of pyridine rings is 1. The fourth-order valence-electron chi connectivity index (χ4n) is 1.19. The van der Waals surface area contributed by atoms with Crippen molar-refractivity contribution in [3.63, 3.8) is 0 Å². The fourth-order valence-corrected chi connectivity index (χ4v) is 1.19. The molecule has 1 unspecified atom stereocenters. The SMILES string of the molecule is [B]C(C)[n+]1ccc(OC)cc1CO. The number of aliphatic hydroxyl groups excluding tert-OH is 1. The Kier molecular flexibility index (Phi) is 3.31. The van der Waals surface area contributed by atoms with Crippen LogP contribution in [-0.2, 0) is 6.61 Å². The average molecular weight is 178 g/mol. The molecule has 1 aromatic rings. The zero-order valence-electron chi connectivity index (χ0n) is 7.90. The van der Waals surface area contributed by atoms with Crippen LogP contribution in [0.15, 0.2) is 18.3 Å². The zero-order valence-corrected chi connectivity index (χ0v) is 7.90. The summed E-state index contributed by atoms with van der Waals surface area (Å²) in [6.45, 7) is 1.81. The van der Waals surface area contributed by atoms with Gasteiger partial charge in [-0.1, -0.05) is 0 Å². The Labute approximate surface area is 79.4 Å². The van der Waals surface area contributed by atoms with Crippen LogP contribution in [0.25, 0.3) is 0 Å². The van der Waals surface area contributed by atoms with Crippen LogP contribution in [0, 0.1) is 0 Å². The van der Waals surface area contributed by atoms with Crippen LogP contribution in [0.3, 0.4) is 0 Å². The van der Waals surface area contributed by atoms with Crippen molar-refractivity contribution < 1.29 is 14.4 Å². The predicted octanol–water partition coefficient (Wildman–Crippen LogP) is 0.162. The molecule has 0 bridgehead atoms. The first-order valence-corrected chi connectivity index (χ1v) is 4.13. The number of rotatable bonds is 3. The zero-order chi connectivity index (χ0) is 9.84. The maximum atomic E-state index is 9.06. The molecule has 3 nitrogen and oxygen atoms in total. The molecule has 1 rings (SSSR count). The second-order valence-electron chi connectivity index (χ2n) is 2.86. The first-order chi connectivity index (χ1) is 6.19. The molecule has 1 heterocycles. The Hall–Kier alpha value is -1.03. The Morgan fingerprint density at radius 1 is 1.69 bits per heavy atom. The van der Waals surface area contributed by atoms with Gasteiger partial charge in [-0.15, -0.1) is 0 Å². The lowest BCUT2D eigenvalue weighted by molar-refractivity contribution is -0.708. The third kappa shape index (κ3) is 2.22. The molecule has 1 aromatic heterocycles. The molecule has 0 fully saturated rings. The van der Waals surface area contributed by atoms with Crippen molar-refractivity contribution >= 4 is 7.85 Å². The highest BCUT2D eigenvalue weighted by Crippen LogP contribution is 2.09. The average Bonchev–Trinajstić information content (AvgIpc) is 2.16. The molecule has 0 spiro atoms. The van der Waals surface area contributed by atoms with Gasteiger partial charge in [-0.3, -0.25) is 0 Å². The van der Waals surface area contributed by atoms with E-state index in [4.69, 9.17) is 17.7 Å². The Bertz CT molecular complexity index is 289. The van der Waals surface area contributed by atoms with Gasteiger partial charge in [0.2, 0.25) is 5.69 Å². The van der Waals surface area contributed by atoms with Crippen molar-refractivity contribution in [2.75, 3.05) is 7.11 Å². The number of hydrogen-bond donors (Lipinski definition) is 1. The summed E-state index contributed by atoms with van der Waals surface area (Å²) < 4.78 is 6.82. The summed E-state index contributed by atoms with van der Waals surface area (Å²) in [6, 6.07) is 3.58. The molecule has 0 amide bonds. The van der Waals surface area contributed by atoms with E-state index in [-0.39, 0.29) is 12.5 Å². The van der Waals surface area contributed by atoms with Gasteiger partial charge >= 0.3 is 0 Å². The van der Waals surface area contributed by atoms with Gasteiger partial charge in [-0.05, 0) is 6.92 Å². The van der Waals surface area contributed by atoms with Crippen LogP contribution in [0.4, 0.5) is 0 Å². The Morgan fingerprint density at radius 2 is 2.38 bits per heavy atom. The second kappa shape index (κ2) is 4.28. The quantitative estimate of drug-likeness (QED) is 0.528. The number of aliphatic hydroxyl groups is 1. The first kappa shape index (κ1) is 10.1. The van der Waals surface area contributed by atoms with E-state index in [1.54, 1.807) is 23.9 Å². The summed E-state index contributed by atoms with van der Waals surface area (Å²) >= 11 is 0. The normalized spacial score (nSPS) is 12.5. The molecule has 4 heteroatoms. The highest BCUT2D eigenvalue weighted by molar-refractivity contribution is 6.08. The van der Waals surface area contributed by atoms with E-state index in [2.05, 4.69) is 0 Å². The van der Waals surface area contributed by atoms with Crippen LogP contribution >= 0.6 is 0 Å². The van der Waals surface area contributed by atoms with Gasteiger partial charge in [0, 0.05) is 12.1 Å². The third-order valence-corrected chi connectivity index (χ3v) is 1.88. The topological polar surface area (TPSA) is 33.3 Å². The predicted molar refractivity (Wildman–Crippen MR) is 49.6 cm³/mol. The van der Waals surface area contributed by atoms with Gasteiger partial charge < -0.3 is 9.84 Å². The van der Waals surface area contributed by atoms with Crippen LogP contribution in [0.1, 0.15) is 18.6 Å². The lowest BCUT2D eigenvalue weighted by Gasteiger charge is -2.06. The Balaban J connectivity index is 3.08. The maximum Gasteiger partial charge on any atom is 0.210 e. The van der Waals surface area contributed by atoms with Crippen molar-refractivity contribution in [3.05, 3.63) is 24.0 Å². The molecular weight excluding hydrogens is 165 g/mol. The molecule has 0 aliphatic carbocycles. The third-order valence-electron chi connectivity index (χ3n) is 1.88. The number of methoxy groups -OCH3 is 1. The molecule has 1 atom stereocenters. The number of nitrogens with zero attached hydrogens (tertiary/aromatic N) is 1. The summed E-state index contributed by atoms with van der Waals surface area (Å²) in [4.78, 5) is 0. The van der Waals surface area contributed by atoms with Crippen molar-refractivity contribution in [2.45, 2.75) is 19.5 Å². The largest absolute Gasteiger partial charge is 0.496 e. The van der Waals surface area contributed by atoms with Gasteiger partial charge in [0.1, 0.15) is 18.3 Å². The molecule has 68 valence electrons. The van der Waals surface area contributed by atoms with E-state index < -0.39 is 0 Å². The summed E-state index contributed by atoms with van der Waals surface area (Å²) in [6.07, 6.45) is 1.80. The minimum atomic E-state index is -0.145. The van der Waals surface area contributed by atoms with E-state index in [0.29, 0.717) is 0 Å². The van der Waals surface area contributed by atoms with E-state index in [0.717, 1.165) is 11.4 Å². The molecule has 13 heavy (non-hydrogen) atoms. The van der Waals surface area contributed by atoms with Gasteiger partial charge in [0.25, 0.3) is 0 Å². The standard InChI is InChI=1S/C9H13BNO2/c1-7(10)11-4-3-9(13-2)5-8(11)6-12/h3-5,7,12H,6H2,1-2H3/q+1. The van der Waals surface area contributed by atoms with Gasteiger partial charge in [0.05, 0.1) is 7.11 Å². The van der Waals surface area contributed by atoms with Gasteiger partial charge in [-0.25, -0.2) is 4.57 Å². The molecule has 0 aromatic carbocycles.